The van der Waals surface area contributed by atoms with E-state index >= 15 is 0 Å². The molecule has 0 N–H and O–H groups in total. The van der Waals surface area contributed by atoms with E-state index in [2.05, 4.69) is 4.90 Å². The van der Waals surface area contributed by atoms with Gasteiger partial charge in [0.1, 0.15) is 0 Å². The van der Waals surface area contributed by atoms with Crippen molar-refractivity contribution in [2.75, 3.05) is 31.1 Å². The van der Waals surface area contributed by atoms with Gasteiger partial charge in [0.15, 0.2) is 0 Å². The number of piperazine rings is 1. The smallest absolute Gasteiger partial charge is 0.254 e. The number of amides is 1. The lowest BCUT2D eigenvalue weighted by Crippen LogP contribution is -2.49. The average Bonchev–Trinajstić information content (AvgIpc) is 2.63. The van der Waals surface area contributed by atoms with Crippen LogP contribution in [0.2, 0.25) is 10.0 Å². The number of halogens is 2. The fraction of sp³-hybridized carbons (Fsp3) is 0.222. The Labute approximate surface area is 155 Å². The summed E-state index contributed by atoms with van der Waals surface area (Å²) in [6, 6.07) is 11.5. The van der Waals surface area contributed by atoms with E-state index in [9.17, 15) is 14.7 Å². The minimum atomic E-state index is -1.35. The Morgan fingerprint density at radius 2 is 1.52 bits per heavy atom. The van der Waals surface area contributed by atoms with Crippen LogP contribution < -0.4 is 10.0 Å². The summed E-state index contributed by atoms with van der Waals surface area (Å²) in [6.45, 7) is 2.22. The Balaban J connectivity index is 1.71. The summed E-state index contributed by atoms with van der Waals surface area (Å²) in [6.07, 6.45) is 0. The molecule has 1 fully saturated rings. The lowest BCUT2D eigenvalue weighted by atomic mass is 10.1. The van der Waals surface area contributed by atoms with Crippen LogP contribution in [0.4, 0.5) is 5.69 Å². The van der Waals surface area contributed by atoms with Crippen LogP contribution in [0.3, 0.4) is 0 Å². The molecule has 1 aliphatic heterocycles. The van der Waals surface area contributed by atoms with Gasteiger partial charge >= 0.3 is 0 Å². The van der Waals surface area contributed by atoms with Crippen molar-refractivity contribution in [2.24, 2.45) is 0 Å². The zero-order valence-corrected chi connectivity index (χ0v) is 14.8. The molecule has 2 aromatic rings. The van der Waals surface area contributed by atoms with Gasteiger partial charge in [-0.05, 0) is 24.3 Å². The Morgan fingerprint density at radius 1 is 0.880 bits per heavy atom. The summed E-state index contributed by atoms with van der Waals surface area (Å²) in [7, 11) is 0. The highest BCUT2D eigenvalue weighted by molar-refractivity contribution is 6.42. The Morgan fingerprint density at radius 3 is 2.12 bits per heavy atom. The molecule has 0 aliphatic carbocycles. The van der Waals surface area contributed by atoms with E-state index in [1.54, 1.807) is 29.2 Å². The standard InChI is InChI=1S/C18H16Cl2N2O3/c19-15-6-5-12(11-16(15)20)21-7-9-22(10-8-21)17(23)13-3-1-2-4-14(13)18(24)25/h1-6,11H,7-10H2,(H,24,25)/p-1. The summed E-state index contributed by atoms with van der Waals surface area (Å²) in [5.74, 6) is -1.65. The molecule has 1 amide bonds. The highest BCUT2D eigenvalue weighted by atomic mass is 35.5. The second kappa shape index (κ2) is 7.33. The molecule has 130 valence electrons. The molecule has 3 rings (SSSR count). The van der Waals surface area contributed by atoms with Gasteiger partial charge < -0.3 is 19.7 Å². The topological polar surface area (TPSA) is 63.7 Å². The van der Waals surface area contributed by atoms with E-state index in [0.717, 1.165) is 5.69 Å². The molecule has 7 heteroatoms. The van der Waals surface area contributed by atoms with Crippen LogP contribution in [-0.4, -0.2) is 43.0 Å². The maximum atomic E-state index is 12.6. The summed E-state index contributed by atoms with van der Waals surface area (Å²) >= 11 is 12.0. The van der Waals surface area contributed by atoms with Crippen molar-refractivity contribution in [2.45, 2.75) is 0 Å². The van der Waals surface area contributed by atoms with Crippen molar-refractivity contribution in [3.63, 3.8) is 0 Å². The maximum absolute atomic E-state index is 12.6. The van der Waals surface area contributed by atoms with Crippen LogP contribution in [0, 0.1) is 0 Å². The third-order valence-electron chi connectivity index (χ3n) is 4.21. The molecule has 1 aliphatic rings. The first-order chi connectivity index (χ1) is 12.0. The number of hydrogen-bond donors (Lipinski definition) is 0. The fourth-order valence-corrected chi connectivity index (χ4v) is 3.16. The first-order valence-corrected chi connectivity index (χ1v) is 8.52. The molecule has 0 unspecified atom stereocenters. The van der Waals surface area contributed by atoms with Crippen molar-refractivity contribution in [3.8, 4) is 0 Å². The van der Waals surface area contributed by atoms with Crippen LogP contribution in [-0.2, 0) is 0 Å². The Kier molecular flexibility index (Phi) is 5.16. The van der Waals surface area contributed by atoms with Crippen molar-refractivity contribution in [1.29, 1.82) is 0 Å². The van der Waals surface area contributed by atoms with Crippen LogP contribution >= 0.6 is 23.2 Å². The molecule has 0 aromatic heterocycles. The number of carboxylic acids is 1. The molecule has 2 aromatic carbocycles. The van der Waals surface area contributed by atoms with Crippen molar-refractivity contribution in [3.05, 3.63) is 63.6 Å². The quantitative estimate of drug-likeness (QED) is 0.823. The van der Waals surface area contributed by atoms with Crippen LogP contribution in [0.5, 0.6) is 0 Å². The van der Waals surface area contributed by atoms with Crippen molar-refractivity contribution >= 4 is 40.8 Å². The van der Waals surface area contributed by atoms with Gasteiger partial charge in [-0.1, -0.05) is 41.4 Å². The summed E-state index contributed by atoms with van der Waals surface area (Å²) in [5, 5.41) is 12.2. The zero-order valence-electron chi connectivity index (χ0n) is 13.2. The van der Waals surface area contributed by atoms with Gasteiger partial charge in [-0.2, -0.15) is 0 Å². The van der Waals surface area contributed by atoms with E-state index in [-0.39, 0.29) is 17.0 Å². The number of nitrogens with zero attached hydrogens (tertiary/aromatic N) is 2. The van der Waals surface area contributed by atoms with Gasteiger partial charge in [0.05, 0.1) is 16.0 Å². The minimum Gasteiger partial charge on any atom is -0.545 e. The lowest BCUT2D eigenvalue weighted by molar-refractivity contribution is -0.255. The van der Waals surface area contributed by atoms with Crippen LogP contribution in [0.1, 0.15) is 20.7 Å². The SMILES string of the molecule is O=C([O-])c1ccccc1C(=O)N1CCN(c2ccc(Cl)c(Cl)c2)CC1. The number of hydrogen-bond acceptors (Lipinski definition) is 4. The number of rotatable bonds is 3. The predicted octanol–water partition coefficient (Wildman–Crippen LogP) is 2.32. The van der Waals surface area contributed by atoms with Crippen molar-refractivity contribution < 1.29 is 14.7 Å². The van der Waals surface area contributed by atoms with E-state index in [0.29, 0.717) is 36.2 Å². The zero-order chi connectivity index (χ0) is 18.0. The lowest BCUT2D eigenvalue weighted by Gasteiger charge is -2.36. The second-order valence-electron chi connectivity index (χ2n) is 5.71. The normalized spacial score (nSPS) is 14.5. The first-order valence-electron chi connectivity index (χ1n) is 7.77. The van der Waals surface area contributed by atoms with Crippen LogP contribution in [0.25, 0.3) is 0 Å². The average molecular weight is 378 g/mol. The van der Waals surface area contributed by atoms with Gasteiger partial charge in [0.2, 0.25) is 0 Å². The molecule has 0 atom stereocenters. The molecule has 0 radical (unpaired) electrons. The third-order valence-corrected chi connectivity index (χ3v) is 4.95. The largest absolute Gasteiger partial charge is 0.545 e. The molecule has 0 bridgehead atoms. The van der Waals surface area contributed by atoms with E-state index in [4.69, 9.17) is 23.2 Å². The van der Waals surface area contributed by atoms with Gasteiger partial charge in [0.25, 0.3) is 5.91 Å². The molecule has 1 heterocycles. The number of aromatic carboxylic acids is 1. The number of benzene rings is 2. The van der Waals surface area contributed by atoms with Gasteiger partial charge in [-0.25, -0.2) is 0 Å². The first kappa shape index (κ1) is 17.6. The monoisotopic (exact) mass is 377 g/mol. The maximum Gasteiger partial charge on any atom is 0.254 e. The number of carbonyl (C=O) groups is 2. The summed E-state index contributed by atoms with van der Waals surface area (Å²) in [5.41, 5.74) is 1.02. The fourth-order valence-electron chi connectivity index (χ4n) is 2.87. The van der Waals surface area contributed by atoms with Gasteiger partial charge in [-0.3, -0.25) is 4.79 Å². The summed E-state index contributed by atoms with van der Waals surface area (Å²) < 4.78 is 0. The third kappa shape index (κ3) is 3.72. The highest BCUT2D eigenvalue weighted by Gasteiger charge is 2.24. The molecule has 0 spiro atoms. The predicted molar refractivity (Wildman–Crippen MR) is 95.4 cm³/mol. The number of carbonyl (C=O) groups excluding carboxylic acids is 2. The van der Waals surface area contributed by atoms with Gasteiger partial charge in [-0.15, -0.1) is 0 Å². The molecule has 25 heavy (non-hydrogen) atoms. The number of anilines is 1. The Bertz CT molecular complexity index is 818. The van der Waals surface area contributed by atoms with Crippen LogP contribution in [0.15, 0.2) is 42.5 Å². The van der Waals surface area contributed by atoms with Gasteiger partial charge in [0, 0.05) is 43.0 Å². The highest BCUT2D eigenvalue weighted by Crippen LogP contribution is 2.28. The van der Waals surface area contributed by atoms with E-state index in [1.165, 1.54) is 12.1 Å². The second-order valence-corrected chi connectivity index (χ2v) is 6.53. The molecular weight excluding hydrogens is 363 g/mol. The minimum absolute atomic E-state index is 0.0839. The molecular formula is C18H15Cl2N2O3-. The van der Waals surface area contributed by atoms with E-state index in [1.807, 2.05) is 6.07 Å². The molecule has 1 saturated heterocycles. The molecule has 5 nitrogen and oxygen atoms in total. The van der Waals surface area contributed by atoms with Crippen molar-refractivity contribution in [1.82, 2.24) is 4.90 Å². The summed E-state index contributed by atoms with van der Waals surface area (Å²) in [4.78, 5) is 27.6. The Hall–Kier alpha value is -2.24. The van der Waals surface area contributed by atoms with E-state index < -0.39 is 5.97 Å². The number of carboxylic acid groups (broad SMARTS) is 1. The molecule has 0 saturated carbocycles.